The van der Waals surface area contributed by atoms with Gasteiger partial charge in [0.15, 0.2) is 0 Å². The van der Waals surface area contributed by atoms with Crippen LogP contribution in [0.15, 0.2) is 0 Å². The lowest BCUT2D eigenvalue weighted by atomic mass is 10.3. The zero-order valence-corrected chi connectivity index (χ0v) is 11.0. The van der Waals surface area contributed by atoms with Crippen LogP contribution in [0.3, 0.4) is 0 Å². The predicted molar refractivity (Wildman–Crippen MR) is 66.6 cm³/mol. The van der Waals surface area contributed by atoms with E-state index in [1.807, 2.05) is 0 Å². The van der Waals surface area contributed by atoms with Crippen molar-refractivity contribution in [3.63, 3.8) is 0 Å². The van der Waals surface area contributed by atoms with Crippen LogP contribution < -0.4 is 0 Å². The van der Waals surface area contributed by atoms with E-state index in [0.29, 0.717) is 26.4 Å². The van der Waals surface area contributed by atoms with Gasteiger partial charge in [0.05, 0.1) is 33.0 Å². The molecule has 1 unspecified atom stereocenters. The van der Waals surface area contributed by atoms with Crippen LogP contribution in [0.4, 0.5) is 0 Å². The van der Waals surface area contributed by atoms with Gasteiger partial charge in [-0.2, -0.15) is 0 Å². The van der Waals surface area contributed by atoms with Gasteiger partial charge in [-0.1, -0.05) is 19.8 Å². The highest BCUT2D eigenvalue weighted by molar-refractivity contribution is 7.16. The van der Waals surface area contributed by atoms with E-state index in [-0.39, 0.29) is 0 Å². The Morgan fingerprint density at radius 1 is 0.733 bits per heavy atom. The summed E-state index contributed by atoms with van der Waals surface area (Å²) in [5, 5.41) is 0. The maximum atomic E-state index is 5.39. The van der Waals surface area contributed by atoms with Crippen molar-refractivity contribution in [2.75, 3.05) is 45.8 Å². The van der Waals surface area contributed by atoms with Crippen molar-refractivity contribution in [3.8, 4) is 0 Å². The highest BCUT2D eigenvalue weighted by Crippen LogP contribution is 1.93. The summed E-state index contributed by atoms with van der Waals surface area (Å²) < 4.78 is 16.0. The number of hydrogen-bond acceptors (Lipinski definition) is 3. The Labute approximate surface area is 96.1 Å². The van der Waals surface area contributed by atoms with Crippen LogP contribution in [0.5, 0.6) is 0 Å². The average Bonchev–Trinajstić information content (AvgIpc) is 2.26. The molecule has 0 aliphatic heterocycles. The summed E-state index contributed by atoms with van der Waals surface area (Å²) in [6.45, 7) is 6.58. The Morgan fingerprint density at radius 3 is 1.80 bits per heavy atom. The summed E-state index contributed by atoms with van der Waals surface area (Å²) in [7, 11) is 2.63. The second-order valence-corrected chi connectivity index (χ2v) is 3.91. The van der Waals surface area contributed by atoms with Crippen LogP contribution in [0.25, 0.3) is 0 Å². The molecular weight excluding hydrogens is 211 g/mol. The van der Waals surface area contributed by atoms with E-state index >= 15 is 0 Å². The van der Waals surface area contributed by atoms with Gasteiger partial charge in [0.1, 0.15) is 0 Å². The standard InChI is InChI=1S/C11H25O3P/c1-2-3-4-5-12-6-7-13-8-9-14-10-11-15/h2-11,15H2,1H3. The van der Waals surface area contributed by atoms with Crippen molar-refractivity contribution in [1.82, 2.24) is 0 Å². The Morgan fingerprint density at radius 2 is 1.27 bits per heavy atom. The molecule has 15 heavy (non-hydrogen) atoms. The SMILES string of the molecule is CCCCCOCCOCCOCCP. The maximum absolute atomic E-state index is 5.39. The largest absolute Gasteiger partial charge is 0.379 e. The predicted octanol–water partition coefficient (Wildman–Crippen LogP) is 2.10. The first-order valence-electron chi connectivity index (χ1n) is 5.85. The Balaban J connectivity index is 2.81. The summed E-state index contributed by atoms with van der Waals surface area (Å²) in [6.07, 6.45) is 4.64. The van der Waals surface area contributed by atoms with Crippen molar-refractivity contribution in [3.05, 3.63) is 0 Å². The maximum Gasteiger partial charge on any atom is 0.0701 e. The van der Waals surface area contributed by atoms with Crippen LogP contribution in [0, 0.1) is 0 Å². The molecule has 0 aromatic carbocycles. The molecule has 0 amide bonds. The third-order valence-corrected chi connectivity index (χ3v) is 2.13. The summed E-state index contributed by atoms with van der Waals surface area (Å²) in [5.74, 6) is 0. The lowest BCUT2D eigenvalue weighted by molar-refractivity contribution is 0.0167. The molecule has 0 rings (SSSR count). The monoisotopic (exact) mass is 236 g/mol. The highest BCUT2D eigenvalue weighted by atomic mass is 31.0. The van der Waals surface area contributed by atoms with Gasteiger partial charge >= 0.3 is 0 Å². The van der Waals surface area contributed by atoms with E-state index in [1.165, 1.54) is 12.8 Å². The van der Waals surface area contributed by atoms with E-state index in [0.717, 1.165) is 25.8 Å². The van der Waals surface area contributed by atoms with Crippen LogP contribution in [0.1, 0.15) is 26.2 Å². The van der Waals surface area contributed by atoms with Gasteiger partial charge in [0.25, 0.3) is 0 Å². The molecule has 0 bridgehead atoms. The lowest BCUT2D eigenvalue weighted by Crippen LogP contribution is -2.10. The molecule has 0 N–H and O–H groups in total. The molecule has 0 aliphatic rings. The Hall–Kier alpha value is 0.310. The summed E-state index contributed by atoms with van der Waals surface area (Å²) >= 11 is 0. The van der Waals surface area contributed by atoms with Gasteiger partial charge in [0.2, 0.25) is 0 Å². The molecule has 0 saturated carbocycles. The molecule has 0 aromatic heterocycles. The van der Waals surface area contributed by atoms with E-state index in [9.17, 15) is 0 Å². The first-order valence-corrected chi connectivity index (χ1v) is 6.66. The zero-order chi connectivity index (χ0) is 11.2. The third kappa shape index (κ3) is 14.3. The molecule has 4 heteroatoms. The second kappa shape index (κ2) is 14.3. The van der Waals surface area contributed by atoms with Gasteiger partial charge in [-0.3, -0.25) is 0 Å². The van der Waals surface area contributed by atoms with Crippen LogP contribution >= 0.6 is 9.24 Å². The average molecular weight is 236 g/mol. The lowest BCUT2D eigenvalue weighted by Gasteiger charge is -2.05. The first kappa shape index (κ1) is 15.3. The number of unbranched alkanes of at least 4 members (excludes halogenated alkanes) is 2. The van der Waals surface area contributed by atoms with Crippen LogP contribution in [-0.2, 0) is 14.2 Å². The molecule has 92 valence electrons. The van der Waals surface area contributed by atoms with E-state index in [1.54, 1.807) is 0 Å². The molecule has 0 radical (unpaired) electrons. The fraction of sp³-hybridized carbons (Fsp3) is 1.00. The molecule has 0 saturated heterocycles. The smallest absolute Gasteiger partial charge is 0.0701 e. The van der Waals surface area contributed by atoms with Gasteiger partial charge < -0.3 is 14.2 Å². The van der Waals surface area contributed by atoms with Crippen molar-refractivity contribution in [1.29, 1.82) is 0 Å². The normalized spacial score (nSPS) is 10.8. The summed E-state index contributed by atoms with van der Waals surface area (Å²) in [6, 6.07) is 0. The molecule has 0 spiro atoms. The third-order valence-electron chi connectivity index (χ3n) is 1.90. The molecule has 3 nitrogen and oxygen atoms in total. The topological polar surface area (TPSA) is 27.7 Å². The fourth-order valence-electron chi connectivity index (χ4n) is 1.08. The molecule has 1 atom stereocenters. The van der Waals surface area contributed by atoms with Crippen molar-refractivity contribution in [2.24, 2.45) is 0 Å². The fourth-order valence-corrected chi connectivity index (χ4v) is 1.25. The van der Waals surface area contributed by atoms with E-state index < -0.39 is 0 Å². The molecule has 0 aromatic rings. The summed E-state index contributed by atoms with van der Waals surface area (Å²) in [5.41, 5.74) is 0. The van der Waals surface area contributed by atoms with Gasteiger partial charge in [-0.05, 0) is 12.6 Å². The quantitative estimate of drug-likeness (QED) is 0.383. The first-order chi connectivity index (χ1) is 7.41. The minimum Gasteiger partial charge on any atom is -0.379 e. The van der Waals surface area contributed by atoms with Crippen molar-refractivity contribution in [2.45, 2.75) is 26.2 Å². The number of rotatable bonds is 12. The molecular formula is C11H25O3P. The Bertz CT molecular complexity index is 100. The molecule has 0 heterocycles. The minimum absolute atomic E-state index is 0.670. The van der Waals surface area contributed by atoms with E-state index in [4.69, 9.17) is 14.2 Å². The molecule has 0 fully saturated rings. The number of hydrogen-bond donors (Lipinski definition) is 0. The van der Waals surface area contributed by atoms with Gasteiger partial charge in [-0.25, -0.2) is 0 Å². The molecule has 0 aliphatic carbocycles. The summed E-state index contributed by atoms with van der Waals surface area (Å²) in [4.78, 5) is 0. The van der Waals surface area contributed by atoms with E-state index in [2.05, 4.69) is 16.2 Å². The zero-order valence-electron chi connectivity index (χ0n) is 9.87. The van der Waals surface area contributed by atoms with Gasteiger partial charge in [-0.15, -0.1) is 9.24 Å². The van der Waals surface area contributed by atoms with Crippen molar-refractivity contribution < 1.29 is 14.2 Å². The van der Waals surface area contributed by atoms with Crippen LogP contribution in [-0.4, -0.2) is 45.8 Å². The minimum atomic E-state index is 0.670. The number of ether oxygens (including phenoxy) is 3. The van der Waals surface area contributed by atoms with Gasteiger partial charge in [0, 0.05) is 6.61 Å². The van der Waals surface area contributed by atoms with Crippen molar-refractivity contribution >= 4 is 9.24 Å². The Kier molecular flexibility index (Phi) is 14.6. The van der Waals surface area contributed by atoms with Crippen LogP contribution in [0.2, 0.25) is 0 Å². The highest BCUT2D eigenvalue weighted by Gasteiger charge is 1.91. The second-order valence-electron chi connectivity index (χ2n) is 3.33.